The smallest absolute Gasteiger partial charge is 0.327 e. The van der Waals surface area contributed by atoms with Crippen molar-refractivity contribution in [1.82, 2.24) is 0 Å². The lowest BCUT2D eigenvalue weighted by atomic mass is 10.00. The molecule has 0 fully saturated rings. The molecule has 0 aliphatic heterocycles. The van der Waals surface area contributed by atoms with Crippen molar-refractivity contribution in [1.29, 1.82) is 0 Å². The second-order valence-electron chi connectivity index (χ2n) is 4.57. The predicted octanol–water partition coefficient (Wildman–Crippen LogP) is 2.45. The standard InChI is InChI=1S/C14H21NO2/c1-4-17-14(16)13(15)12-7-5-11(6-8-12)9-10(2)3/h5-8,10,13H,4,9,15H2,1-3H3. The number of rotatable bonds is 5. The number of hydrogen-bond acceptors (Lipinski definition) is 3. The third kappa shape index (κ3) is 4.19. The molecule has 1 aromatic carbocycles. The van der Waals surface area contributed by atoms with Gasteiger partial charge in [0.25, 0.3) is 0 Å². The van der Waals surface area contributed by atoms with Crippen LogP contribution in [0.1, 0.15) is 37.9 Å². The van der Waals surface area contributed by atoms with Gasteiger partial charge in [-0.05, 0) is 30.4 Å². The van der Waals surface area contributed by atoms with Gasteiger partial charge in [0, 0.05) is 0 Å². The monoisotopic (exact) mass is 235 g/mol. The molecule has 0 saturated carbocycles. The van der Waals surface area contributed by atoms with Gasteiger partial charge in [-0.3, -0.25) is 0 Å². The molecule has 1 atom stereocenters. The average molecular weight is 235 g/mol. The summed E-state index contributed by atoms with van der Waals surface area (Å²) in [6, 6.07) is 7.17. The Labute approximate surface area is 103 Å². The quantitative estimate of drug-likeness (QED) is 0.797. The zero-order valence-electron chi connectivity index (χ0n) is 10.8. The molecular formula is C14H21NO2. The van der Waals surface area contributed by atoms with E-state index in [0.717, 1.165) is 12.0 Å². The van der Waals surface area contributed by atoms with Crippen molar-refractivity contribution < 1.29 is 9.53 Å². The average Bonchev–Trinajstić information content (AvgIpc) is 2.28. The van der Waals surface area contributed by atoms with Gasteiger partial charge in [0.05, 0.1) is 6.61 Å². The second-order valence-corrected chi connectivity index (χ2v) is 4.57. The van der Waals surface area contributed by atoms with Gasteiger partial charge in [0.1, 0.15) is 6.04 Å². The Bertz CT molecular complexity index is 357. The van der Waals surface area contributed by atoms with Crippen LogP contribution in [0, 0.1) is 5.92 Å². The SMILES string of the molecule is CCOC(=O)C(N)c1ccc(CC(C)C)cc1. The van der Waals surface area contributed by atoms with E-state index in [0.29, 0.717) is 12.5 Å². The van der Waals surface area contributed by atoms with Crippen LogP contribution in [0.15, 0.2) is 24.3 Å². The van der Waals surface area contributed by atoms with E-state index in [4.69, 9.17) is 10.5 Å². The van der Waals surface area contributed by atoms with E-state index in [1.54, 1.807) is 6.92 Å². The van der Waals surface area contributed by atoms with Crippen LogP contribution < -0.4 is 5.73 Å². The van der Waals surface area contributed by atoms with Crippen LogP contribution >= 0.6 is 0 Å². The molecular weight excluding hydrogens is 214 g/mol. The Morgan fingerprint density at radius 2 is 1.88 bits per heavy atom. The molecule has 0 amide bonds. The fourth-order valence-corrected chi connectivity index (χ4v) is 1.70. The van der Waals surface area contributed by atoms with Crippen molar-refractivity contribution in [3.63, 3.8) is 0 Å². The Kier molecular flexibility index (Phi) is 5.16. The Morgan fingerprint density at radius 1 is 1.29 bits per heavy atom. The van der Waals surface area contributed by atoms with E-state index in [-0.39, 0.29) is 5.97 Å². The number of benzene rings is 1. The van der Waals surface area contributed by atoms with Gasteiger partial charge in [0.15, 0.2) is 0 Å². The van der Waals surface area contributed by atoms with Crippen molar-refractivity contribution >= 4 is 5.97 Å². The Morgan fingerprint density at radius 3 is 2.35 bits per heavy atom. The zero-order valence-corrected chi connectivity index (χ0v) is 10.8. The number of hydrogen-bond donors (Lipinski definition) is 1. The Balaban J connectivity index is 2.70. The summed E-state index contributed by atoms with van der Waals surface area (Å²) in [5.41, 5.74) is 7.87. The summed E-state index contributed by atoms with van der Waals surface area (Å²) in [6.07, 6.45) is 1.04. The van der Waals surface area contributed by atoms with E-state index >= 15 is 0 Å². The van der Waals surface area contributed by atoms with Crippen LogP contribution in [-0.2, 0) is 16.0 Å². The van der Waals surface area contributed by atoms with Crippen molar-refractivity contribution in [3.8, 4) is 0 Å². The molecule has 1 rings (SSSR count). The van der Waals surface area contributed by atoms with Gasteiger partial charge in [-0.25, -0.2) is 4.79 Å². The zero-order chi connectivity index (χ0) is 12.8. The number of ether oxygens (including phenoxy) is 1. The minimum absolute atomic E-state index is 0.359. The molecule has 2 N–H and O–H groups in total. The van der Waals surface area contributed by atoms with Crippen LogP contribution in [0.5, 0.6) is 0 Å². The van der Waals surface area contributed by atoms with Crippen molar-refractivity contribution in [3.05, 3.63) is 35.4 Å². The molecule has 0 saturated heterocycles. The van der Waals surface area contributed by atoms with Gasteiger partial charge >= 0.3 is 5.97 Å². The van der Waals surface area contributed by atoms with Crippen LogP contribution in [0.3, 0.4) is 0 Å². The highest BCUT2D eigenvalue weighted by molar-refractivity contribution is 5.77. The molecule has 0 aromatic heterocycles. The first-order valence-electron chi connectivity index (χ1n) is 6.05. The highest BCUT2D eigenvalue weighted by atomic mass is 16.5. The molecule has 94 valence electrons. The molecule has 0 radical (unpaired) electrons. The summed E-state index contributed by atoms with van der Waals surface area (Å²) in [4.78, 5) is 11.5. The fraction of sp³-hybridized carbons (Fsp3) is 0.500. The van der Waals surface area contributed by atoms with E-state index < -0.39 is 6.04 Å². The largest absolute Gasteiger partial charge is 0.465 e. The summed E-state index contributed by atoms with van der Waals surface area (Å²) >= 11 is 0. The number of carbonyl (C=O) groups excluding carboxylic acids is 1. The van der Waals surface area contributed by atoms with Gasteiger partial charge in [0.2, 0.25) is 0 Å². The molecule has 0 spiro atoms. The summed E-state index contributed by atoms with van der Waals surface area (Å²) in [5, 5.41) is 0. The van der Waals surface area contributed by atoms with Crippen molar-refractivity contribution in [2.45, 2.75) is 33.2 Å². The summed E-state index contributed by atoms with van der Waals surface area (Å²) in [6.45, 7) is 6.49. The van der Waals surface area contributed by atoms with E-state index in [2.05, 4.69) is 13.8 Å². The summed E-state index contributed by atoms with van der Waals surface area (Å²) in [5.74, 6) is 0.253. The fourth-order valence-electron chi connectivity index (χ4n) is 1.70. The highest BCUT2D eigenvalue weighted by Gasteiger charge is 2.16. The molecule has 1 aromatic rings. The maximum Gasteiger partial charge on any atom is 0.327 e. The van der Waals surface area contributed by atoms with Gasteiger partial charge in [-0.1, -0.05) is 38.1 Å². The molecule has 1 unspecified atom stereocenters. The lowest BCUT2D eigenvalue weighted by Crippen LogP contribution is -2.23. The van der Waals surface area contributed by atoms with Crippen LogP contribution in [0.25, 0.3) is 0 Å². The highest BCUT2D eigenvalue weighted by Crippen LogP contribution is 2.15. The predicted molar refractivity (Wildman–Crippen MR) is 68.5 cm³/mol. The normalized spacial score (nSPS) is 12.5. The van der Waals surface area contributed by atoms with E-state index in [1.165, 1.54) is 5.56 Å². The number of nitrogens with two attached hydrogens (primary N) is 1. The molecule has 0 aliphatic rings. The minimum atomic E-state index is -0.678. The molecule has 0 aliphatic carbocycles. The summed E-state index contributed by atoms with van der Waals surface area (Å²) < 4.78 is 4.89. The minimum Gasteiger partial charge on any atom is -0.465 e. The maximum absolute atomic E-state index is 11.5. The summed E-state index contributed by atoms with van der Waals surface area (Å²) in [7, 11) is 0. The molecule has 0 bridgehead atoms. The van der Waals surface area contributed by atoms with Gasteiger partial charge in [-0.15, -0.1) is 0 Å². The molecule has 3 nitrogen and oxygen atoms in total. The first-order chi connectivity index (χ1) is 8.04. The Hall–Kier alpha value is -1.35. The third-order valence-electron chi connectivity index (χ3n) is 2.52. The van der Waals surface area contributed by atoms with Gasteiger partial charge < -0.3 is 10.5 Å². The first kappa shape index (κ1) is 13.7. The lowest BCUT2D eigenvalue weighted by molar-refractivity contribution is -0.144. The number of carbonyl (C=O) groups is 1. The third-order valence-corrected chi connectivity index (χ3v) is 2.52. The second kappa shape index (κ2) is 6.40. The lowest BCUT2D eigenvalue weighted by Gasteiger charge is -2.12. The van der Waals surface area contributed by atoms with Crippen LogP contribution in [0.4, 0.5) is 0 Å². The number of esters is 1. The van der Waals surface area contributed by atoms with Crippen molar-refractivity contribution in [2.24, 2.45) is 11.7 Å². The maximum atomic E-state index is 11.5. The van der Waals surface area contributed by atoms with Gasteiger partial charge in [-0.2, -0.15) is 0 Å². The van der Waals surface area contributed by atoms with E-state index in [9.17, 15) is 4.79 Å². The molecule has 0 heterocycles. The molecule has 17 heavy (non-hydrogen) atoms. The van der Waals surface area contributed by atoms with Crippen LogP contribution in [0.2, 0.25) is 0 Å². The molecule has 3 heteroatoms. The first-order valence-corrected chi connectivity index (χ1v) is 6.05. The van der Waals surface area contributed by atoms with E-state index in [1.807, 2.05) is 24.3 Å². The van der Waals surface area contributed by atoms with Crippen LogP contribution in [-0.4, -0.2) is 12.6 Å². The van der Waals surface area contributed by atoms with Crippen molar-refractivity contribution in [2.75, 3.05) is 6.61 Å². The topological polar surface area (TPSA) is 52.3 Å².